The Hall–Kier alpha value is -0.120. The minimum absolute atomic E-state index is 0.129. The quantitative estimate of drug-likeness (QED) is 0.673. The van der Waals surface area contributed by atoms with E-state index in [1.54, 1.807) is 7.11 Å². The van der Waals surface area contributed by atoms with Gasteiger partial charge in [-0.2, -0.15) is 0 Å². The summed E-state index contributed by atoms with van der Waals surface area (Å²) in [5.74, 6) is 0. The summed E-state index contributed by atoms with van der Waals surface area (Å²) in [4.78, 5) is 2.45. The zero-order chi connectivity index (χ0) is 11.9. The van der Waals surface area contributed by atoms with Crippen molar-refractivity contribution in [2.45, 2.75) is 52.1 Å². The zero-order valence-corrected chi connectivity index (χ0v) is 11.0. The molecule has 0 bridgehead atoms. The third kappa shape index (κ3) is 6.88. The van der Waals surface area contributed by atoms with Crippen LogP contribution in [0.3, 0.4) is 0 Å². The first-order chi connectivity index (χ1) is 6.94. The highest BCUT2D eigenvalue weighted by atomic mass is 16.5. The van der Waals surface area contributed by atoms with Crippen molar-refractivity contribution in [1.29, 1.82) is 0 Å². The van der Waals surface area contributed by atoms with Crippen molar-refractivity contribution in [3.63, 3.8) is 0 Å². The molecule has 0 atom stereocenters. The number of nitrogens with two attached hydrogens (primary N) is 1. The summed E-state index contributed by atoms with van der Waals surface area (Å²) in [7, 11) is 1.75. The molecule has 92 valence electrons. The third-order valence-corrected chi connectivity index (χ3v) is 2.65. The van der Waals surface area contributed by atoms with Crippen LogP contribution in [-0.4, -0.2) is 43.3 Å². The van der Waals surface area contributed by atoms with E-state index in [-0.39, 0.29) is 5.54 Å². The Balaban J connectivity index is 4.28. The zero-order valence-electron chi connectivity index (χ0n) is 11.0. The van der Waals surface area contributed by atoms with Crippen molar-refractivity contribution in [2.75, 3.05) is 26.8 Å². The average Bonchev–Trinajstić information content (AvgIpc) is 2.13. The predicted octanol–water partition coefficient (Wildman–Crippen LogP) is 1.86. The Labute approximate surface area is 95.0 Å². The highest BCUT2D eigenvalue weighted by Gasteiger charge is 2.21. The Morgan fingerprint density at radius 1 is 1.27 bits per heavy atom. The lowest BCUT2D eigenvalue weighted by Gasteiger charge is -2.35. The summed E-state index contributed by atoms with van der Waals surface area (Å²) in [6, 6.07) is 0.628. The molecule has 0 aliphatic heterocycles. The van der Waals surface area contributed by atoms with E-state index in [0.29, 0.717) is 6.04 Å². The number of hydrogen-bond acceptors (Lipinski definition) is 3. The standard InChI is InChI=1S/C12H28N2O/c1-6-11(7-2)14(8-9-15-5)10-12(3,4)13/h11H,6-10,13H2,1-5H3. The second kappa shape index (κ2) is 7.20. The molecule has 3 heteroatoms. The van der Waals surface area contributed by atoms with Gasteiger partial charge in [0.1, 0.15) is 0 Å². The highest BCUT2D eigenvalue weighted by Crippen LogP contribution is 2.12. The van der Waals surface area contributed by atoms with Gasteiger partial charge in [-0.25, -0.2) is 0 Å². The van der Waals surface area contributed by atoms with Crippen LogP contribution in [0, 0.1) is 0 Å². The van der Waals surface area contributed by atoms with Crippen LogP contribution >= 0.6 is 0 Å². The Kier molecular flexibility index (Phi) is 7.14. The van der Waals surface area contributed by atoms with Crippen molar-refractivity contribution in [3.05, 3.63) is 0 Å². The molecular weight excluding hydrogens is 188 g/mol. The molecule has 0 aromatic rings. The first-order valence-electron chi connectivity index (χ1n) is 5.96. The van der Waals surface area contributed by atoms with Gasteiger partial charge in [0.25, 0.3) is 0 Å². The van der Waals surface area contributed by atoms with Crippen LogP contribution in [0.1, 0.15) is 40.5 Å². The molecule has 0 aliphatic rings. The Bertz CT molecular complexity index is 150. The topological polar surface area (TPSA) is 38.5 Å². The van der Waals surface area contributed by atoms with Crippen LogP contribution < -0.4 is 5.73 Å². The van der Waals surface area contributed by atoms with E-state index in [1.807, 2.05) is 0 Å². The number of nitrogens with zero attached hydrogens (tertiary/aromatic N) is 1. The van der Waals surface area contributed by atoms with Crippen LogP contribution in [-0.2, 0) is 4.74 Å². The lowest BCUT2D eigenvalue weighted by Crippen LogP contribution is -2.49. The largest absolute Gasteiger partial charge is 0.383 e. The molecule has 0 aliphatic carbocycles. The van der Waals surface area contributed by atoms with E-state index < -0.39 is 0 Å². The van der Waals surface area contributed by atoms with Gasteiger partial charge >= 0.3 is 0 Å². The molecule has 0 rings (SSSR count). The maximum absolute atomic E-state index is 6.07. The normalized spacial score (nSPS) is 12.8. The third-order valence-electron chi connectivity index (χ3n) is 2.65. The molecular formula is C12H28N2O. The van der Waals surface area contributed by atoms with Crippen LogP contribution in [0.25, 0.3) is 0 Å². The molecule has 0 radical (unpaired) electrons. The summed E-state index contributed by atoms with van der Waals surface area (Å²) >= 11 is 0. The lowest BCUT2D eigenvalue weighted by atomic mass is 10.0. The molecule has 2 N–H and O–H groups in total. The van der Waals surface area contributed by atoms with Crippen molar-refractivity contribution in [2.24, 2.45) is 5.73 Å². The molecule has 0 fully saturated rings. The first kappa shape index (κ1) is 14.9. The van der Waals surface area contributed by atoms with Crippen molar-refractivity contribution in [1.82, 2.24) is 4.90 Å². The van der Waals surface area contributed by atoms with E-state index in [9.17, 15) is 0 Å². The van der Waals surface area contributed by atoms with Gasteiger partial charge in [0, 0.05) is 31.8 Å². The van der Waals surface area contributed by atoms with Gasteiger partial charge in [0.05, 0.1) is 6.61 Å². The molecule has 0 aromatic carbocycles. The SMILES string of the molecule is CCC(CC)N(CCOC)CC(C)(C)N. The van der Waals surface area contributed by atoms with Gasteiger partial charge in [-0.05, 0) is 26.7 Å². The van der Waals surface area contributed by atoms with Crippen molar-refractivity contribution < 1.29 is 4.74 Å². The van der Waals surface area contributed by atoms with Crippen molar-refractivity contribution >= 4 is 0 Å². The van der Waals surface area contributed by atoms with Crippen molar-refractivity contribution in [3.8, 4) is 0 Å². The number of methoxy groups -OCH3 is 1. The maximum atomic E-state index is 6.07. The fourth-order valence-electron chi connectivity index (χ4n) is 1.93. The second-order valence-electron chi connectivity index (χ2n) is 4.92. The van der Waals surface area contributed by atoms with Gasteiger partial charge in [-0.1, -0.05) is 13.8 Å². The maximum Gasteiger partial charge on any atom is 0.0589 e. The van der Waals surface area contributed by atoms with Crippen LogP contribution in [0.5, 0.6) is 0 Å². The highest BCUT2D eigenvalue weighted by molar-refractivity contribution is 4.80. The number of hydrogen-bond donors (Lipinski definition) is 1. The molecule has 15 heavy (non-hydrogen) atoms. The number of rotatable bonds is 8. The summed E-state index contributed by atoms with van der Waals surface area (Å²) in [6.07, 6.45) is 2.35. The van der Waals surface area contributed by atoms with Gasteiger partial charge < -0.3 is 10.5 Å². The molecule has 0 saturated carbocycles. The minimum Gasteiger partial charge on any atom is -0.383 e. The first-order valence-corrected chi connectivity index (χ1v) is 5.96. The van der Waals surface area contributed by atoms with Gasteiger partial charge in [0.15, 0.2) is 0 Å². The molecule has 0 spiro atoms. The molecule has 0 saturated heterocycles. The monoisotopic (exact) mass is 216 g/mol. The fourth-order valence-corrected chi connectivity index (χ4v) is 1.93. The summed E-state index contributed by atoms with van der Waals surface area (Å²) in [5, 5.41) is 0. The Morgan fingerprint density at radius 2 is 1.80 bits per heavy atom. The lowest BCUT2D eigenvalue weighted by molar-refractivity contribution is 0.100. The summed E-state index contributed by atoms with van der Waals surface area (Å²) in [5.41, 5.74) is 5.94. The molecule has 0 heterocycles. The van der Waals surface area contributed by atoms with E-state index >= 15 is 0 Å². The molecule has 0 aromatic heterocycles. The molecule has 0 unspecified atom stereocenters. The van der Waals surface area contributed by atoms with Gasteiger partial charge in [-0.3, -0.25) is 4.90 Å². The van der Waals surface area contributed by atoms with Crippen LogP contribution in [0.15, 0.2) is 0 Å². The van der Waals surface area contributed by atoms with Crippen LogP contribution in [0.4, 0.5) is 0 Å². The smallest absolute Gasteiger partial charge is 0.0589 e. The molecule has 3 nitrogen and oxygen atoms in total. The average molecular weight is 216 g/mol. The molecule has 0 amide bonds. The van der Waals surface area contributed by atoms with Gasteiger partial charge in [0.2, 0.25) is 0 Å². The van der Waals surface area contributed by atoms with E-state index in [0.717, 1.165) is 19.7 Å². The van der Waals surface area contributed by atoms with E-state index in [2.05, 4.69) is 32.6 Å². The van der Waals surface area contributed by atoms with E-state index in [1.165, 1.54) is 12.8 Å². The van der Waals surface area contributed by atoms with E-state index in [4.69, 9.17) is 10.5 Å². The second-order valence-corrected chi connectivity index (χ2v) is 4.92. The summed E-state index contributed by atoms with van der Waals surface area (Å²) < 4.78 is 5.14. The summed E-state index contributed by atoms with van der Waals surface area (Å²) in [6.45, 7) is 11.3. The Morgan fingerprint density at radius 3 is 2.13 bits per heavy atom. The predicted molar refractivity (Wildman–Crippen MR) is 66.1 cm³/mol. The fraction of sp³-hybridized carbons (Fsp3) is 1.00. The van der Waals surface area contributed by atoms with Gasteiger partial charge in [-0.15, -0.1) is 0 Å². The van der Waals surface area contributed by atoms with Crippen LogP contribution in [0.2, 0.25) is 0 Å². The number of ether oxygens (including phenoxy) is 1. The minimum atomic E-state index is -0.129.